The van der Waals surface area contributed by atoms with Gasteiger partial charge in [0.2, 0.25) is 0 Å². The minimum atomic E-state index is -0.0831. The van der Waals surface area contributed by atoms with Gasteiger partial charge in [0.15, 0.2) is 0 Å². The number of carbonyl (C=O) groups excluding carboxylic acids is 1. The maximum Gasteiger partial charge on any atom is 0.276 e. The van der Waals surface area contributed by atoms with E-state index in [2.05, 4.69) is 10.2 Å². The number of nitrogens with two attached hydrogens (primary N) is 1. The van der Waals surface area contributed by atoms with E-state index in [1.165, 1.54) is 0 Å². The van der Waals surface area contributed by atoms with Crippen LogP contribution in [0.2, 0.25) is 0 Å². The molecule has 0 fully saturated rings. The van der Waals surface area contributed by atoms with Crippen LogP contribution in [-0.2, 0) is 0 Å². The molecule has 1 amide bonds. The van der Waals surface area contributed by atoms with E-state index in [-0.39, 0.29) is 5.91 Å². The molecule has 3 N–H and O–H groups in total. The number of benzene rings is 1. The van der Waals surface area contributed by atoms with Crippen molar-refractivity contribution in [2.75, 3.05) is 18.0 Å². The van der Waals surface area contributed by atoms with Gasteiger partial charge in [-0.2, -0.15) is 5.10 Å². The van der Waals surface area contributed by atoms with Gasteiger partial charge in [-0.1, -0.05) is 18.2 Å². The van der Waals surface area contributed by atoms with Crippen LogP contribution in [0, 0.1) is 6.92 Å². The molecule has 5 heteroatoms. The lowest BCUT2D eigenvalue weighted by Crippen LogP contribution is -2.33. The number of H-pyrrole nitrogens is 1. The van der Waals surface area contributed by atoms with E-state index in [4.69, 9.17) is 5.73 Å². The summed E-state index contributed by atoms with van der Waals surface area (Å²) in [6.45, 7) is 3.14. The molecule has 0 bridgehead atoms. The average molecular weight is 258 g/mol. The van der Waals surface area contributed by atoms with Gasteiger partial charge in [0.05, 0.1) is 0 Å². The third-order valence-electron chi connectivity index (χ3n) is 2.97. The molecule has 0 spiro atoms. The SMILES string of the molecule is Cc1ccccc1N(CCCN)C(=O)c1ccn[nH]1. The van der Waals surface area contributed by atoms with E-state index in [1.54, 1.807) is 17.2 Å². The van der Waals surface area contributed by atoms with Gasteiger partial charge in [-0.05, 0) is 37.6 Å². The first-order valence-electron chi connectivity index (χ1n) is 6.31. The summed E-state index contributed by atoms with van der Waals surface area (Å²) in [7, 11) is 0. The number of aryl methyl sites for hydroxylation is 1. The Kier molecular flexibility index (Phi) is 4.30. The fourth-order valence-electron chi connectivity index (χ4n) is 1.97. The molecule has 2 rings (SSSR count). The zero-order valence-electron chi connectivity index (χ0n) is 11.0. The molecule has 0 radical (unpaired) electrons. The highest BCUT2D eigenvalue weighted by atomic mass is 16.2. The number of anilines is 1. The van der Waals surface area contributed by atoms with Crippen molar-refractivity contribution >= 4 is 11.6 Å². The Morgan fingerprint density at radius 2 is 2.16 bits per heavy atom. The van der Waals surface area contributed by atoms with Crippen LogP contribution in [-0.4, -0.2) is 29.2 Å². The zero-order chi connectivity index (χ0) is 13.7. The van der Waals surface area contributed by atoms with Crippen LogP contribution in [0.25, 0.3) is 0 Å². The molecular formula is C14H18N4O. The van der Waals surface area contributed by atoms with Crippen molar-refractivity contribution in [3.63, 3.8) is 0 Å². The highest BCUT2D eigenvalue weighted by molar-refractivity contribution is 6.05. The van der Waals surface area contributed by atoms with Gasteiger partial charge in [-0.3, -0.25) is 9.89 Å². The van der Waals surface area contributed by atoms with E-state index in [9.17, 15) is 4.79 Å². The van der Waals surface area contributed by atoms with Gasteiger partial charge < -0.3 is 10.6 Å². The summed E-state index contributed by atoms with van der Waals surface area (Å²) >= 11 is 0. The summed E-state index contributed by atoms with van der Waals surface area (Å²) in [6.07, 6.45) is 2.33. The Morgan fingerprint density at radius 1 is 1.37 bits per heavy atom. The molecule has 19 heavy (non-hydrogen) atoms. The summed E-state index contributed by atoms with van der Waals surface area (Å²) in [5.74, 6) is -0.0831. The van der Waals surface area contributed by atoms with Gasteiger partial charge in [0.25, 0.3) is 5.91 Å². The first-order chi connectivity index (χ1) is 9.24. The predicted octanol–water partition coefficient (Wildman–Crippen LogP) is 1.71. The molecule has 1 aromatic heterocycles. The summed E-state index contributed by atoms with van der Waals surface area (Å²) < 4.78 is 0. The molecule has 0 saturated heterocycles. The van der Waals surface area contributed by atoms with Gasteiger partial charge in [0.1, 0.15) is 5.69 Å². The van der Waals surface area contributed by atoms with Crippen molar-refractivity contribution in [3.05, 3.63) is 47.8 Å². The summed E-state index contributed by atoms with van der Waals surface area (Å²) in [6, 6.07) is 9.50. The highest BCUT2D eigenvalue weighted by Crippen LogP contribution is 2.21. The maximum atomic E-state index is 12.5. The van der Waals surface area contributed by atoms with Crippen LogP contribution in [0.4, 0.5) is 5.69 Å². The molecule has 1 aromatic carbocycles. The molecular weight excluding hydrogens is 240 g/mol. The summed E-state index contributed by atoms with van der Waals surface area (Å²) in [5, 5.41) is 6.54. The Bertz CT molecular complexity index is 536. The minimum absolute atomic E-state index is 0.0831. The predicted molar refractivity (Wildman–Crippen MR) is 75.1 cm³/mol. The zero-order valence-corrected chi connectivity index (χ0v) is 11.0. The van der Waals surface area contributed by atoms with E-state index in [0.29, 0.717) is 18.8 Å². The molecule has 0 atom stereocenters. The van der Waals surface area contributed by atoms with E-state index < -0.39 is 0 Å². The number of amides is 1. The number of rotatable bonds is 5. The highest BCUT2D eigenvalue weighted by Gasteiger charge is 2.19. The molecule has 0 unspecified atom stereocenters. The van der Waals surface area contributed by atoms with Crippen LogP contribution in [0.15, 0.2) is 36.5 Å². The lowest BCUT2D eigenvalue weighted by Gasteiger charge is -2.23. The van der Waals surface area contributed by atoms with Gasteiger partial charge >= 0.3 is 0 Å². The van der Waals surface area contributed by atoms with E-state index >= 15 is 0 Å². The largest absolute Gasteiger partial charge is 0.330 e. The first-order valence-corrected chi connectivity index (χ1v) is 6.31. The Balaban J connectivity index is 2.31. The Morgan fingerprint density at radius 3 is 2.79 bits per heavy atom. The molecule has 100 valence electrons. The van der Waals surface area contributed by atoms with Crippen LogP contribution in [0.1, 0.15) is 22.5 Å². The van der Waals surface area contributed by atoms with Crippen molar-refractivity contribution in [3.8, 4) is 0 Å². The van der Waals surface area contributed by atoms with Crippen LogP contribution < -0.4 is 10.6 Å². The number of aromatic amines is 1. The second kappa shape index (κ2) is 6.15. The number of hydrogen-bond donors (Lipinski definition) is 2. The van der Waals surface area contributed by atoms with Gasteiger partial charge in [-0.25, -0.2) is 0 Å². The second-order valence-electron chi connectivity index (χ2n) is 4.36. The molecule has 0 aliphatic rings. The third-order valence-corrected chi connectivity index (χ3v) is 2.97. The van der Waals surface area contributed by atoms with Crippen molar-refractivity contribution in [2.24, 2.45) is 5.73 Å². The number of carbonyl (C=O) groups is 1. The average Bonchev–Trinajstić information content (AvgIpc) is 2.94. The number of hydrogen-bond acceptors (Lipinski definition) is 3. The molecule has 5 nitrogen and oxygen atoms in total. The first kappa shape index (κ1) is 13.3. The maximum absolute atomic E-state index is 12.5. The minimum Gasteiger partial charge on any atom is -0.330 e. The molecule has 1 heterocycles. The molecule has 0 saturated carbocycles. The lowest BCUT2D eigenvalue weighted by atomic mass is 10.1. The normalized spacial score (nSPS) is 10.4. The molecule has 0 aliphatic heterocycles. The van der Waals surface area contributed by atoms with Gasteiger partial charge in [-0.15, -0.1) is 0 Å². The summed E-state index contributed by atoms with van der Waals surface area (Å²) in [4.78, 5) is 14.2. The molecule has 2 aromatic rings. The lowest BCUT2D eigenvalue weighted by molar-refractivity contribution is 0.0982. The standard InChI is InChI=1S/C14H18N4O/c1-11-5-2-3-6-13(11)18(10-4-8-15)14(19)12-7-9-16-17-12/h2-3,5-7,9H,4,8,10,15H2,1H3,(H,16,17). The quantitative estimate of drug-likeness (QED) is 0.857. The Labute approximate surface area is 112 Å². The summed E-state index contributed by atoms with van der Waals surface area (Å²) in [5.41, 5.74) is 8.01. The van der Waals surface area contributed by atoms with Crippen LogP contribution in [0.3, 0.4) is 0 Å². The fraction of sp³-hybridized carbons (Fsp3) is 0.286. The Hall–Kier alpha value is -2.14. The molecule has 0 aliphatic carbocycles. The number of para-hydroxylation sites is 1. The monoisotopic (exact) mass is 258 g/mol. The fourth-order valence-corrected chi connectivity index (χ4v) is 1.97. The number of nitrogens with zero attached hydrogens (tertiary/aromatic N) is 2. The smallest absolute Gasteiger partial charge is 0.276 e. The van der Waals surface area contributed by atoms with Crippen molar-refractivity contribution in [1.82, 2.24) is 10.2 Å². The van der Waals surface area contributed by atoms with Crippen molar-refractivity contribution in [1.29, 1.82) is 0 Å². The van der Waals surface area contributed by atoms with Crippen molar-refractivity contribution < 1.29 is 4.79 Å². The number of aromatic nitrogens is 2. The second-order valence-corrected chi connectivity index (χ2v) is 4.36. The van der Waals surface area contributed by atoms with E-state index in [1.807, 2.05) is 31.2 Å². The topological polar surface area (TPSA) is 75.0 Å². The van der Waals surface area contributed by atoms with Crippen LogP contribution >= 0.6 is 0 Å². The van der Waals surface area contributed by atoms with E-state index in [0.717, 1.165) is 17.7 Å². The third kappa shape index (κ3) is 3.00. The van der Waals surface area contributed by atoms with Crippen molar-refractivity contribution in [2.45, 2.75) is 13.3 Å². The number of nitrogens with one attached hydrogen (secondary N) is 1. The van der Waals surface area contributed by atoms with Crippen LogP contribution in [0.5, 0.6) is 0 Å². The van der Waals surface area contributed by atoms with Gasteiger partial charge in [0, 0.05) is 18.4 Å².